The summed E-state index contributed by atoms with van der Waals surface area (Å²) >= 11 is 3.37. The van der Waals surface area contributed by atoms with Gasteiger partial charge in [0.25, 0.3) is 0 Å². The molecular weight excluding hydrogens is 314 g/mol. The maximum atomic E-state index is 8.82. The fourth-order valence-electron chi connectivity index (χ4n) is 2.17. The normalized spacial score (nSPS) is 10.9. The van der Waals surface area contributed by atoms with Gasteiger partial charge in [0.1, 0.15) is 10.8 Å². The van der Waals surface area contributed by atoms with Crippen molar-refractivity contribution in [2.45, 2.75) is 19.5 Å². The summed E-state index contributed by atoms with van der Waals surface area (Å²) in [6.07, 6.45) is 2.18. The molecule has 0 saturated heterocycles. The third-order valence-corrected chi connectivity index (χ3v) is 5.10. The molecule has 3 heterocycles. The second-order valence-corrected chi connectivity index (χ2v) is 6.63. The molecule has 0 atom stereocenters. The summed E-state index contributed by atoms with van der Waals surface area (Å²) < 4.78 is 5.41. The molecule has 0 spiro atoms. The highest BCUT2D eigenvalue weighted by atomic mass is 32.1. The lowest BCUT2D eigenvalue weighted by atomic mass is 10.3. The van der Waals surface area contributed by atoms with E-state index in [2.05, 4.69) is 27.8 Å². The van der Waals surface area contributed by atoms with Gasteiger partial charge in [0, 0.05) is 24.9 Å². The number of nitriles is 1. The highest BCUT2D eigenvalue weighted by Gasteiger charge is 2.12. The Labute approximate surface area is 137 Å². The molecule has 6 heteroatoms. The zero-order valence-corrected chi connectivity index (χ0v) is 13.6. The largest absolute Gasteiger partial charge is 0.468 e. The molecule has 3 aromatic rings. The molecule has 0 aliphatic rings. The lowest BCUT2D eigenvalue weighted by molar-refractivity contribution is 0.238. The van der Waals surface area contributed by atoms with Crippen LogP contribution < -0.4 is 0 Å². The van der Waals surface area contributed by atoms with E-state index in [1.165, 1.54) is 4.88 Å². The van der Waals surface area contributed by atoms with Gasteiger partial charge in [-0.05, 0) is 23.6 Å². The highest BCUT2D eigenvalue weighted by molar-refractivity contribution is 7.20. The van der Waals surface area contributed by atoms with Crippen LogP contribution >= 0.6 is 22.7 Å². The molecule has 0 N–H and O–H groups in total. The van der Waals surface area contributed by atoms with Gasteiger partial charge < -0.3 is 4.42 Å². The van der Waals surface area contributed by atoms with Crippen molar-refractivity contribution in [2.24, 2.45) is 0 Å². The van der Waals surface area contributed by atoms with E-state index < -0.39 is 0 Å². The Morgan fingerprint density at radius 3 is 2.91 bits per heavy atom. The van der Waals surface area contributed by atoms with E-state index in [0.717, 1.165) is 23.0 Å². The van der Waals surface area contributed by atoms with Crippen molar-refractivity contribution >= 4 is 22.7 Å². The Bertz CT molecular complexity index is 726. The number of thiophene rings is 1. The molecule has 3 aromatic heterocycles. The lowest BCUT2D eigenvalue weighted by Gasteiger charge is -2.18. The van der Waals surface area contributed by atoms with Crippen molar-refractivity contribution in [2.75, 3.05) is 6.54 Å². The number of thiazole rings is 1. The first-order valence-electron chi connectivity index (χ1n) is 6.95. The summed E-state index contributed by atoms with van der Waals surface area (Å²) in [7, 11) is 0. The second-order valence-electron chi connectivity index (χ2n) is 4.82. The van der Waals surface area contributed by atoms with Crippen molar-refractivity contribution < 1.29 is 4.42 Å². The highest BCUT2D eigenvalue weighted by Crippen LogP contribution is 2.28. The Kier molecular flexibility index (Phi) is 5.01. The third-order valence-electron chi connectivity index (χ3n) is 3.17. The molecule has 0 aliphatic heterocycles. The molecule has 0 fully saturated rings. The van der Waals surface area contributed by atoms with E-state index >= 15 is 0 Å². The minimum atomic E-state index is 0.503. The van der Waals surface area contributed by atoms with Gasteiger partial charge in [-0.15, -0.1) is 22.7 Å². The number of hydrogen-bond donors (Lipinski definition) is 0. The van der Waals surface area contributed by atoms with Gasteiger partial charge >= 0.3 is 0 Å². The fourth-order valence-corrected chi connectivity index (χ4v) is 3.79. The van der Waals surface area contributed by atoms with Gasteiger partial charge in [0.15, 0.2) is 0 Å². The van der Waals surface area contributed by atoms with Crippen LogP contribution in [0.3, 0.4) is 0 Å². The van der Waals surface area contributed by atoms with Crippen LogP contribution in [0.25, 0.3) is 9.88 Å². The molecule has 3 rings (SSSR count). The summed E-state index contributed by atoms with van der Waals surface area (Å²) in [6, 6.07) is 10.2. The van der Waals surface area contributed by atoms with Gasteiger partial charge in [-0.1, -0.05) is 6.07 Å². The standard InChI is InChI=1S/C16H15N3OS2/c17-6-3-7-19(11-14-4-1-8-20-14)10-13-12-22-16(18-13)15-5-2-9-21-15/h1-2,4-5,8-9,12H,3,7,10-11H2. The molecule has 22 heavy (non-hydrogen) atoms. The minimum Gasteiger partial charge on any atom is -0.468 e. The summed E-state index contributed by atoms with van der Waals surface area (Å²) in [6.45, 7) is 2.13. The Balaban J connectivity index is 1.68. The van der Waals surface area contributed by atoms with Gasteiger partial charge in [-0.25, -0.2) is 4.98 Å². The van der Waals surface area contributed by atoms with Crippen LogP contribution in [0.4, 0.5) is 0 Å². The molecule has 0 saturated carbocycles. The van der Waals surface area contributed by atoms with E-state index in [0.29, 0.717) is 19.5 Å². The first kappa shape index (κ1) is 15.0. The topological polar surface area (TPSA) is 53.1 Å². The van der Waals surface area contributed by atoms with Crippen molar-refractivity contribution in [3.8, 4) is 16.0 Å². The summed E-state index contributed by atoms with van der Waals surface area (Å²) in [5.41, 5.74) is 1.04. The number of furan rings is 1. The van der Waals surface area contributed by atoms with Crippen molar-refractivity contribution in [1.82, 2.24) is 9.88 Å². The molecule has 112 valence electrons. The van der Waals surface area contributed by atoms with Crippen LogP contribution in [0, 0.1) is 11.3 Å². The first-order valence-corrected chi connectivity index (χ1v) is 8.71. The van der Waals surface area contributed by atoms with Crippen LogP contribution in [-0.2, 0) is 13.1 Å². The molecule has 0 unspecified atom stereocenters. The molecule has 0 aromatic carbocycles. The smallest absolute Gasteiger partial charge is 0.133 e. The maximum Gasteiger partial charge on any atom is 0.133 e. The zero-order chi connectivity index (χ0) is 15.2. The third kappa shape index (κ3) is 3.83. The number of hydrogen-bond acceptors (Lipinski definition) is 6. The van der Waals surface area contributed by atoms with Gasteiger partial charge in [-0.2, -0.15) is 5.26 Å². The van der Waals surface area contributed by atoms with E-state index in [1.807, 2.05) is 18.2 Å². The van der Waals surface area contributed by atoms with Crippen molar-refractivity contribution in [3.05, 3.63) is 52.7 Å². The number of nitrogens with zero attached hydrogens (tertiary/aromatic N) is 3. The predicted octanol–water partition coefficient (Wildman–Crippen LogP) is 4.38. The summed E-state index contributed by atoms with van der Waals surface area (Å²) in [5.74, 6) is 0.909. The average molecular weight is 329 g/mol. The Morgan fingerprint density at radius 1 is 1.23 bits per heavy atom. The van der Waals surface area contributed by atoms with E-state index in [4.69, 9.17) is 14.7 Å². The van der Waals surface area contributed by atoms with Gasteiger partial charge in [0.2, 0.25) is 0 Å². The van der Waals surface area contributed by atoms with Crippen LogP contribution in [0.5, 0.6) is 0 Å². The van der Waals surface area contributed by atoms with E-state index in [-0.39, 0.29) is 0 Å². The van der Waals surface area contributed by atoms with Crippen molar-refractivity contribution in [1.29, 1.82) is 5.26 Å². The van der Waals surface area contributed by atoms with Gasteiger partial charge in [-0.3, -0.25) is 4.90 Å². The van der Waals surface area contributed by atoms with Gasteiger partial charge in [0.05, 0.1) is 29.4 Å². The minimum absolute atomic E-state index is 0.503. The van der Waals surface area contributed by atoms with Crippen LogP contribution in [0.1, 0.15) is 17.9 Å². The second kappa shape index (κ2) is 7.36. The predicted molar refractivity (Wildman–Crippen MR) is 88.5 cm³/mol. The first-order chi connectivity index (χ1) is 10.8. The zero-order valence-electron chi connectivity index (χ0n) is 11.9. The quantitative estimate of drug-likeness (QED) is 0.645. The lowest BCUT2D eigenvalue weighted by Crippen LogP contribution is -2.23. The molecule has 0 bridgehead atoms. The van der Waals surface area contributed by atoms with E-state index in [9.17, 15) is 0 Å². The molecule has 0 amide bonds. The SMILES string of the molecule is N#CCCN(Cc1csc(-c2cccs2)n1)Cc1ccco1. The fraction of sp³-hybridized carbons (Fsp3) is 0.250. The van der Waals surface area contributed by atoms with Crippen molar-refractivity contribution in [3.63, 3.8) is 0 Å². The Hall–Kier alpha value is -1.94. The number of rotatable bonds is 7. The molecular formula is C16H15N3OS2. The van der Waals surface area contributed by atoms with Crippen LogP contribution in [-0.4, -0.2) is 16.4 Å². The van der Waals surface area contributed by atoms with Crippen LogP contribution in [0.2, 0.25) is 0 Å². The monoisotopic (exact) mass is 329 g/mol. The van der Waals surface area contributed by atoms with E-state index in [1.54, 1.807) is 28.9 Å². The molecule has 0 radical (unpaired) electrons. The Morgan fingerprint density at radius 2 is 2.18 bits per heavy atom. The summed E-state index contributed by atoms with van der Waals surface area (Å²) in [5, 5.41) is 14.0. The average Bonchev–Trinajstić information content (AvgIpc) is 3.26. The number of aromatic nitrogens is 1. The maximum absolute atomic E-state index is 8.82. The summed E-state index contributed by atoms with van der Waals surface area (Å²) in [4.78, 5) is 8.09. The van der Waals surface area contributed by atoms with Crippen LogP contribution in [0.15, 0.2) is 45.7 Å². The molecule has 0 aliphatic carbocycles. The molecule has 4 nitrogen and oxygen atoms in total.